The number of rotatable bonds is 8. The second-order valence-corrected chi connectivity index (χ2v) is 7.11. The molecule has 0 atom stereocenters. The number of Topliss-reactive ketones (excluding diaryl/α,β-unsaturated/α-hetero) is 1. The summed E-state index contributed by atoms with van der Waals surface area (Å²) >= 11 is 0. The summed E-state index contributed by atoms with van der Waals surface area (Å²) in [5, 5.41) is 10.8. The summed E-state index contributed by atoms with van der Waals surface area (Å²) in [6.45, 7) is 1.49. The Kier molecular flexibility index (Phi) is 6.16. The summed E-state index contributed by atoms with van der Waals surface area (Å²) in [6.07, 6.45) is 3.14. The van der Waals surface area contributed by atoms with Crippen LogP contribution < -0.4 is 20.1 Å². The number of aromatic nitrogens is 5. The summed E-state index contributed by atoms with van der Waals surface area (Å²) < 4.78 is 12.5. The summed E-state index contributed by atoms with van der Waals surface area (Å²) in [5.41, 5.74) is 2.37. The fourth-order valence-corrected chi connectivity index (χ4v) is 3.28. The summed E-state index contributed by atoms with van der Waals surface area (Å²) in [5.74, 6) is 2.50. The molecule has 4 rings (SSSR count). The normalized spacial score (nSPS) is 10.5. The maximum atomic E-state index is 12.3. The highest BCUT2D eigenvalue weighted by Crippen LogP contribution is 2.37. The van der Waals surface area contributed by atoms with E-state index in [0.717, 1.165) is 5.56 Å². The smallest absolute Gasteiger partial charge is 0.214 e. The Morgan fingerprint density at radius 1 is 0.970 bits per heavy atom. The van der Waals surface area contributed by atoms with Crippen LogP contribution in [0.15, 0.2) is 55.0 Å². The van der Waals surface area contributed by atoms with Crippen LogP contribution in [0, 0.1) is 0 Å². The lowest BCUT2D eigenvalue weighted by atomic mass is 10.1. The number of hydrogen-bond acceptors (Lipinski definition) is 9. The van der Waals surface area contributed by atoms with Crippen molar-refractivity contribution in [3.05, 3.63) is 60.6 Å². The monoisotopic (exact) mass is 445 g/mol. The van der Waals surface area contributed by atoms with E-state index in [9.17, 15) is 4.79 Å². The zero-order chi connectivity index (χ0) is 23.4. The Hall–Kier alpha value is -4.47. The van der Waals surface area contributed by atoms with E-state index in [2.05, 4.69) is 30.7 Å². The fourth-order valence-electron chi connectivity index (χ4n) is 3.28. The number of para-hydroxylation sites is 1. The third-order valence-corrected chi connectivity index (χ3v) is 4.80. The molecule has 2 N–H and O–H groups in total. The van der Waals surface area contributed by atoms with Crippen molar-refractivity contribution in [3.8, 4) is 23.0 Å². The Balaban J connectivity index is 1.71. The molecule has 0 amide bonds. The molecule has 0 aliphatic rings. The Bertz CT molecular complexity index is 1300. The number of benzene rings is 1. The van der Waals surface area contributed by atoms with E-state index in [4.69, 9.17) is 9.47 Å². The minimum Gasteiger partial charge on any atom is -0.494 e. The molecule has 33 heavy (non-hydrogen) atoms. The number of anilines is 4. The Morgan fingerprint density at radius 2 is 1.79 bits per heavy atom. The van der Waals surface area contributed by atoms with Crippen molar-refractivity contribution in [1.29, 1.82) is 0 Å². The van der Waals surface area contributed by atoms with Crippen molar-refractivity contribution in [3.63, 3.8) is 0 Å². The maximum absolute atomic E-state index is 12.3. The van der Waals surface area contributed by atoms with Crippen LogP contribution in [-0.4, -0.2) is 44.7 Å². The van der Waals surface area contributed by atoms with Crippen LogP contribution in [0.25, 0.3) is 11.4 Å². The fraction of sp³-hybridized carbons (Fsp3) is 0.174. The molecule has 0 saturated carbocycles. The third-order valence-electron chi connectivity index (χ3n) is 4.80. The molecule has 0 bridgehead atoms. The number of carbonyl (C=O) groups excluding carboxylic acids is 1. The molecule has 0 spiro atoms. The van der Waals surface area contributed by atoms with Gasteiger partial charge in [-0.15, -0.1) is 0 Å². The molecular formula is C23H23N7O3. The van der Waals surface area contributed by atoms with Crippen LogP contribution in [0.4, 0.5) is 23.0 Å². The van der Waals surface area contributed by atoms with Gasteiger partial charge in [-0.2, -0.15) is 10.1 Å². The van der Waals surface area contributed by atoms with Gasteiger partial charge >= 0.3 is 0 Å². The molecule has 1 aromatic carbocycles. The van der Waals surface area contributed by atoms with Crippen LogP contribution in [0.1, 0.15) is 17.3 Å². The van der Waals surface area contributed by atoms with Gasteiger partial charge in [0.2, 0.25) is 5.88 Å². The third kappa shape index (κ3) is 4.74. The topological polar surface area (TPSA) is 116 Å². The summed E-state index contributed by atoms with van der Waals surface area (Å²) in [4.78, 5) is 25.3. The van der Waals surface area contributed by atoms with E-state index in [1.165, 1.54) is 13.1 Å². The van der Waals surface area contributed by atoms with Crippen molar-refractivity contribution >= 4 is 28.8 Å². The first-order chi connectivity index (χ1) is 16.0. The van der Waals surface area contributed by atoms with Gasteiger partial charge in [-0.05, 0) is 25.1 Å². The lowest BCUT2D eigenvalue weighted by Gasteiger charge is -2.16. The predicted molar refractivity (Wildman–Crippen MR) is 125 cm³/mol. The van der Waals surface area contributed by atoms with Crippen LogP contribution in [-0.2, 0) is 7.05 Å². The van der Waals surface area contributed by atoms with Gasteiger partial charge in [0, 0.05) is 25.4 Å². The Morgan fingerprint density at radius 3 is 2.48 bits per heavy atom. The number of ketones is 1. The van der Waals surface area contributed by atoms with Crippen LogP contribution >= 0.6 is 0 Å². The molecule has 3 aromatic heterocycles. The van der Waals surface area contributed by atoms with Crippen LogP contribution in [0.3, 0.4) is 0 Å². The van der Waals surface area contributed by atoms with Gasteiger partial charge in [-0.25, -0.2) is 9.97 Å². The summed E-state index contributed by atoms with van der Waals surface area (Å²) in [6, 6.07) is 12.7. The van der Waals surface area contributed by atoms with Gasteiger partial charge in [0.25, 0.3) is 0 Å². The molecule has 0 unspecified atom stereocenters. The second kappa shape index (κ2) is 9.35. The molecule has 168 valence electrons. The van der Waals surface area contributed by atoms with Gasteiger partial charge in [0.05, 0.1) is 36.7 Å². The van der Waals surface area contributed by atoms with Gasteiger partial charge < -0.3 is 20.1 Å². The highest BCUT2D eigenvalue weighted by Gasteiger charge is 2.17. The van der Waals surface area contributed by atoms with Crippen molar-refractivity contribution in [2.75, 3.05) is 24.9 Å². The number of methoxy groups -OCH3 is 2. The molecule has 0 aliphatic carbocycles. The zero-order valence-electron chi connectivity index (χ0n) is 18.7. The average molecular weight is 445 g/mol. The van der Waals surface area contributed by atoms with Gasteiger partial charge in [-0.3, -0.25) is 9.48 Å². The molecular weight excluding hydrogens is 422 g/mol. The van der Waals surface area contributed by atoms with E-state index in [0.29, 0.717) is 46.0 Å². The number of nitrogens with zero attached hydrogens (tertiary/aromatic N) is 5. The highest BCUT2D eigenvalue weighted by atomic mass is 16.5. The molecule has 4 aromatic rings. The SMILES string of the molecule is COc1cccc(Nc2cc(Nc3cccc(-c4ncn(C)n4)c3OC)c(C(C)=O)cn2)n1. The first-order valence-corrected chi connectivity index (χ1v) is 10.1. The molecule has 0 aliphatic heterocycles. The first kappa shape index (κ1) is 21.8. The van der Waals surface area contributed by atoms with Crippen molar-refractivity contribution in [1.82, 2.24) is 24.7 Å². The van der Waals surface area contributed by atoms with E-state index < -0.39 is 0 Å². The maximum Gasteiger partial charge on any atom is 0.214 e. The van der Waals surface area contributed by atoms with E-state index in [-0.39, 0.29) is 5.78 Å². The molecule has 0 saturated heterocycles. The number of nitrogens with one attached hydrogen (secondary N) is 2. The second-order valence-electron chi connectivity index (χ2n) is 7.11. The quantitative estimate of drug-likeness (QED) is 0.388. The van der Waals surface area contributed by atoms with Gasteiger partial charge in [0.15, 0.2) is 17.4 Å². The Labute approximate surface area is 190 Å². The van der Waals surface area contributed by atoms with E-state index >= 15 is 0 Å². The van der Waals surface area contributed by atoms with E-state index in [1.54, 1.807) is 50.5 Å². The average Bonchev–Trinajstić information content (AvgIpc) is 3.25. The zero-order valence-corrected chi connectivity index (χ0v) is 18.7. The largest absolute Gasteiger partial charge is 0.494 e. The molecule has 3 heterocycles. The van der Waals surface area contributed by atoms with Crippen molar-refractivity contribution in [2.45, 2.75) is 6.92 Å². The van der Waals surface area contributed by atoms with Crippen molar-refractivity contribution in [2.24, 2.45) is 7.05 Å². The summed E-state index contributed by atoms with van der Waals surface area (Å²) in [7, 11) is 4.93. The van der Waals surface area contributed by atoms with Crippen molar-refractivity contribution < 1.29 is 14.3 Å². The first-order valence-electron chi connectivity index (χ1n) is 10.1. The number of carbonyl (C=O) groups is 1. The number of pyridine rings is 2. The predicted octanol–water partition coefficient (Wildman–Crippen LogP) is 3.98. The van der Waals surface area contributed by atoms with Gasteiger partial charge in [0.1, 0.15) is 18.0 Å². The van der Waals surface area contributed by atoms with Crippen LogP contribution in [0.5, 0.6) is 11.6 Å². The molecule has 0 fully saturated rings. The van der Waals surface area contributed by atoms with E-state index in [1.807, 2.05) is 24.3 Å². The molecule has 10 heteroatoms. The van der Waals surface area contributed by atoms with Crippen LogP contribution in [0.2, 0.25) is 0 Å². The number of hydrogen-bond donors (Lipinski definition) is 2. The minimum absolute atomic E-state index is 0.127. The highest BCUT2D eigenvalue weighted by molar-refractivity contribution is 6.00. The number of aryl methyl sites for hydroxylation is 1. The molecule has 10 nitrogen and oxygen atoms in total. The lowest BCUT2D eigenvalue weighted by molar-refractivity contribution is 0.101. The minimum atomic E-state index is -0.127. The lowest BCUT2D eigenvalue weighted by Crippen LogP contribution is -2.05. The molecule has 0 radical (unpaired) electrons. The van der Waals surface area contributed by atoms with Gasteiger partial charge in [-0.1, -0.05) is 12.1 Å². The standard InChI is InChI=1S/C23H23N7O3/c1-14(31)16-12-24-20(27-19-9-6-10-21(28-19)32-3)11-18(16)26-17-8-5-7-15(22(17)33-4)23-25-13-30(2)29-23/h5-13H,1-4H3,(H2,24,26,27,28). The number of ether oxygens (including phenoxy) is 2.